The van der Waals surface area contributed by atoms with Crippen molar-refractivity contribution in [3.05, 3.63) is 42.4 Å². The molecule has 2 fully saturated rings. The molecule has 0 saturated carbocycles. The van der Waals surface area contributed by atoms with Crippen LogP contribution in [-0.2, 0) is 9.53 Å². The van der Waals surface area contributed by atoms with Crippen LogP contribution in [-0.4, -0.2) is 71.1 Å². The molecule has 2 saturated heterocycles. The number of amides is 2. The number of aromatic nitrogens is 2. The second kappa shape index (κ2) is 7.67. The first-order valence-corrected chi connectivity index (χ1v) is 10.1. The number of imidazole rings is 1. The third-order valence-electron chi connectivity index (χ3n) is 6.24. The van der Waals surface area contributed by atoms with Gasteiger partial charge in [-0.3, -0.25) is 9.59 Å². The molecule has 0 aromatic carbocycles. The van der Waals surface area contributed by atoms with Gasteiger partial charge in [0.2, 0.25) is 5.91 Å². The van der Waals surface area contributed by atoms with Gasteiger partial charge in [-0.15, -0.1) is 0 Å². The highest BCUT2D eigenvalue weighted by molar-refractivity contribution is 5.94. The van der Waals surface area contributed by atoms with Crippen molar-refractivity contribution >= 4 is 11.8 Å². The molecule has 0 aliphatic carbocycles. The summed E-state index contributed by atoms with van der Waals surface area (Å²) in [5.74, 6) is 0.0772. The summed E-state index contributed by atoms with van der Waals surface area (Å²) in [5.41, 5.74) is 0.224. The summed E-state index contributed by atoms with van der Waals surface area (Å²) < 4.78 is 12.5. The average Bonchev–Trinajstić information content (AvgIpc) is 3.49. The number of rotatable bonds is 6. The summed E-state index contributed by atoms with van der Waals surface area (Å²) in [6, 6.07) is 3.65. The predicted octanol–water partition coefficient (Wildman–Crippen LogP) is 2.16. The maximum atomic E-state index is 13.5. The van der Waals surface area contributed by atoms with Crippen molar-refractivity contribution < 1.29 is 18.7 Å². The molecule has 2 aliphatic rings. The lowest BCUT2D eigenvalue weighted by molar-refractivity contribution is -0.136. The van der Waals surface area contributed by atoms with Crippen LogP contribution < -0.4 is 0 Å². The Bertz CT molecular complexity index is 875. The molecule has 0 unspecified atom stereocenters. The van der Waals surface area contributed by atoms with Gasteiger partial charge in [-0.25, -0.2) is 4.98 Å². The van der Waals surface area contributed by atoms with Crippen LogP contribution in [0, 0.1) is 5.41 Å². The normalized spacial score (nSPS) is 24.4. The van der Waals surface area contributed by atoms with Gasteiger partial charge in [-0.05, 0) is 32.4 Å². The molecule has 1 spiro atoms. The summed E-state index contributed by atoms with van der Waals surface area (Å²) in [4.78, 5) is 34.7. The van der Waals surface area contributed by atoms with Gasteiger partial charge in [0.15, 0.2) is 5.76 Å². The molecular weight excluding hydrogens is 372 g/mol. The fourth-order valence-corrected chi connectivity index (χ4v) is 4.56. The molecule has 2 aromatic heterocycles. The summed E-state index contributed by atoms with van der Waals surface area (Å²) in [6.07, 6.45) is 6.03. The molecule has 8 nitrogen and oxygen atoms in total. The third-order valence-corrected chi connectivity index (χ3v) is 6.24. The van der Waals surface area contributed by atoms with Crippen LogP contribution >= 0.6 is 0 Å². The molecule has 4 heterocycles. The van der Waals surface area contributed by atoms with Gasteiger partial charge in [-0.1, -0.05) is 0 Å². The zero-order valence-corrected chi connectivity index (χ0v) is 17.2. The van der Waals surface area contributed by atoms with Crippen molar-refractivity contribution in [3.8, 4) is 0 Å². The van der Waals surface area contributed by atoms with Gasteiger partial charge in [0, 0.05) is 51.4 Å². The minimum Gasteiger partial charge on any atom is -0.459 e. The van der Waals surface area contributed by atoms with E-state index in [-0.39, 0.29) is 23.8 Å². The van der Waals surface area contributed by atoms with E-state index in [4.69, 9.17) is 9.15 Å². The smallest absolute Gasteiger partial charge is 0.289 e. The van der Waals surface area contributed by atoms with Crippen molar-refractivity contribution in [1.29, 1.82) is 0 Å². The zero-order chi connectivity index (χ0) is 20.6. The number of hydrogen-bond donors (Lipinski definition) is 0. The first kappa shape index (κ1) is 19.7. The van der Waals surface area contributed by atoms with E-state index in [0.717, 1.165) is 5.69 Å². The summed E-state index contributed by atoms with van der Waals surface area (Å²) in [5, 5.41) is 0. The van der Waals surface area contributed by atoms with E-state index < -0.39 is 5.41 Å². The predicted molar refractivity (Wildman–Crippen MR) is 105 cm³/mol. The summed E-state index contributed by atoms with van der Waals surface area (Å²) in [6.45, 7) is 6.77. The lowest BCUT2D eigenvalue weighted by atomic mass is 9.75. The Morgan fingerprint density at radius 1 is 1.45 bits per heavy atom. The number of nitrogens with zero attached hydrogens (tertiary/aromatic N) is 4. The van der Waals surface area contributed by atoms with Crippen molar-refractivity contribution in [3.63, 3.8) is 0 Å². The van der Waals surface area contributed by atoms with Crippen LogP contribution in [0.5, 0.6) is 0 Å². The van der Waals surface area contributed by atoms with Gasteiger partial charge in [0.25, 0.3) is 5.91 Å². The molecule has 2 aliphatic heterocycles. The molecule has 2 amide bonds. The molecule has 0 bridgehead atoms. The summed E-state index contributed by atoms with van der Waals surface area (Å²) >= 11 is 0. The van der Waals surface area contributed by atoms with Crippen molar-refractivity contribution in [2.45, 2.75) is 32.2 Å². The standard InChI is InChI=1S/C21H28N4O4/c1-15(2)25-12-17(22-14-25)16-11-24(19(26)18-5-4-9-29-18)13-21(16)6-7-23(20(21)27)8-10-28-3/h4-5,9,12,14-16H,6-8,10-11,13H2,1-3H3/t16-,21+/m1/s1. The van der Waals surface area contributed by atoms with E-state index in [2.05, 4.69) is 18.8 Å². The number of likely N-dealkylation sites (tertiary alicyclic amines) is 2. The molecule has 2 aromatic rings. The Morgan fingerprint density at radius 2 is 2.28 bits per heavy atom. The number of ether oxygens (including phenoxy) is 1. The fourth-order valence-electron chi connectivity index (χ4n) is 4.56. The highest BCUT2D eigenvalue weighted by Gasteiger charge is 2.58. The Hall–Kier alpha value is -2.61. The SMILES string of the molecule is COCCN1CC[C@@]2(CN(C(=O)c3ccco3)C[C@@H]2c2cn(C(C)C)cn2)C1=O. The van der Waals surface area contributed by atoms with Gasteiger partial charge >= 0.3 is 0 Å². The van der Waals surface area contributed by atoms with E-state index in [1.807, 2.05) is 22.0 Å². The number of furan rings is 1. The molecule has 4 rings (SSSR count). The van der Waals surface area contributed by atoms with Crippen LogP contribution in [0.1, 0.15) is 48.5 Å². The lowest BCUT2D eigenvalue weighted by Crippen LogP contribution is -2.41. The van der Waals surface area contributed by atoms with Crippen LogP contribution in [0.3, 0.4) is 0 Å². The third kappa shape index (κ3) is 3.35. The van der Waals surface area contributed by atoms with E-state index in [0.29, 0.717) is 45.0 Å². The second-order valence-corrected chi connectivity index (χ2v) is 8.25. The topological polar surface area (TPSA) is 80.8 Å². The Morgan fingerprint density at radius 3 is 2.93 bits per heavy atom. The van der Waals surface area contributed by atoms with E-state index in [1.54, 1.807) is 24.1 Å². The van der Waals surface area contributed by atoms with Gasteiger partial charge < -0.3 is 23.5 Å². The molecule has 8 heteroatoms. The second-order valence-electron chi connectivity index (χ2n) is 8.25. The number of carbonyl (C=O) groups is 2. The van der Waals surface area contributed by atoms with Crippen molar-refractivity contribution in [2.24, 2.45) is 5.41 Å². The Kier molecular flexibility index (Phi) is 5.21. The van der Waals surface area contributed by atoms with Crippen LogP contribution in [0.2, 0.25) is 0 Å². The van der Waals surface area contributed by atoms with E-state index in [9.17, 15) is 9.59 Å². The van der Waals surface area contributed by atoms with Crippen LogP contribution in [0.15, 0.2) is 35.3 Å². The van der Waals surface area contributed by atoms with Crippen LogP contribution in [0.4, 0.5) is 0 Å². The van der Waals surface area contributed by atoms with Gasteiger partial charge in [-0.2, -0.15) is 0 Å². The number of carbonyl (C=O) groups excluding carboxylic acids is 2. The molecule has 156 valence electrons. The van der Waals surface area contributed by atoms with Crippen LogP contribution in [0.25, 0.3) is 0 Å². The maximum absolute atomic E-state index is 13.5. The summed E-state index contributed by atoms with van der Waals surface area (Å²) in [7, 11) is 1.64. The average molecular weight is 400 g/mol. The van der Waals surface area contributed by atoms with Gasteiger partial charge in [0.1, 0.15) is 0 Å². The molecule has 0 N–H and O–H groups in total. The minimum atomic E-state index is -0.647. The highest BCUT2D eigenvalue weighted by Crippen LogP contribution is 2.49. The van der Waals surface area contributed by atoms with E-state index in [1.165, 1.54) is 6.26 Å². The van der Waals surface area contributed by atoms with E-state index >= 15 is 0 Å². The number of methoxy groups -OCH3 is 1. The Labute approximate surface area is 170 Å². The minimum absolute atomic E-state index is 0.0911. The van der Waals surface area contributed by atoms with Gasteiger partial charge in [0.05, 0.1) is 30.3 Å². The fraction of sp³-hybridized carbons (Fsp3) is 0.571. The monoisotopic (exact) mass is 400 g/mol. The lowest BCUT2D eigenvalue weighted by Gasteiger charge is -2.27. The molecule has 2 atom stereocenters. The number of hydrogen-bond acceptors (Lipinski definition) is 5. The largest absolute Gasteiger partial charge is 0.459 e. The molecule has 0 radical (unpaired) electrons. The maximum Gasteiger partial charge on any atom is 0.289 e. The van der Waals surface area contributed by atoms with Crippen molar-refractivity contribution in [1.82, 2.24) is 19.4 Å². The van der Waals surface area contributed by atoms with Crippen molar-refractivity contribution in [2.75, 3.05) is 39.9 Å². The highest BCUT2D eigenvalue weighted by atomic mass is 16.5. The molecular formula is C21H28N4O4. The quantitative estimate of drug-likeness (QED) is 0.742. The Balaban J connectivity index is 1.66. The zero-order valence-electron chi connectivity index (χ0n) is 17.2. The first-order valence-electron chi connectivity index (χ1n) is 10.1. The molecule has 29 heavy (non-hydrogen) atoms. The first-order chi connectivity index (χ1) is 14.0.